The van der Waals surface area contributed by atoms with Crippen molar-refractivity contribution in [1.82, 2.24) is 14.2 Å². The fraction of sp³-hybridized carbons (Fsp3) is 0.321. The molecule has 12 heteroatoms. The maximum atomic E-state index is 13.8. The highest BCUT2D eigenvalue weighted by Gasteiger charge is 2.37. The van der Waals surface area contributed by atoms with Crippen LogP contribution in [-0.2, 0) is 38.7 Å². The maximum Gasteiger partial charge on any atom is 0.416 e. The van der Waals surface area contributed by atoms with Gasteiger partial charge in [0.1, 0.15) is 0 Å². The van der Waals surface area contributed by atoms with Gasteiger partial charge in [0.25, 0.3) is 0 Å². The minimum atomic E-state index is -4.61. The highest BCUT2D eigenvalue weighted by Crippen LogP contribution is 2.32. The Morgan fingerprint density at radius 2 is 1.75 bits per heavy atom. The Labute approximate surface area is 230 Å². The number of aromatic nitrogens is 1. The predicted molar refractivity (Wildman–Crippen MR) is 139 cm³/mol. The number of sulfonamides is 1. The van der Waals surface area contributed by atoms with Gasteiger partial charge in [0.05, 0.1) is 29.6 Å². The molecule has 1 unspecified atom stereocenters. The summed E-state index contributed by atoms with van der Waals surface area (Å²) < 4.78 is 73.0. The summed E-state index contributed by atoms with van der Waals surface area (Å²) in [4.78, 5) is 30.2. The van der Waals surface area contributed by atoms with Gasteiger partial charge in [-0.15, -0.1) is 0 Å². The van der Waals surface area contributed by atoms with E-state index in [-0.39, 0.29) is 35.9 Å². The summed E-state index contributed by atoms with van der Waals surface area (Å²) in [6, 6.07) is 12.5. The third-order valence-electron chi connectivity index (χ3n) is 6.74. The largest absolute Gasteiger partial charge is 0.465 e. The quantitative estimate of drug-likeness (QED) is 0.372. The van der Waals surface area contributed by atoms with Gasteiger partial charge in [-0.2, -0.15) is 17.5 Å². The highest BCUT2D eigenvalue weighted by atomic mass is 32.2. The van der Waals surface area contributed by atoms with Crippen molar-refractivity contribution in [1.29, 1.82) is 0 Å². The van der Waals surface area contributed by atoms with Crippen LogP contribution < -0.4 is 0 Å². The van der Waals surface area contributed by atoms with E-state index in [4.69, 9.17) is 4.74 Å². The van der Waals surface area contributed by atoms with E-state index in [1.54, 1.807) is 41.6 Å². The molecular formula is C28H28F3N3O5S. The molecule has 0 aliphatic carbocycles. The number of hydrogen-bond acceptors (Lipinski definition) is 6. The lowest BCUT2D eigenvalue weighted by Gasteiger charge is -2.39. The zero-order chi connectivity index (χ0) is 28.9. The first kappa shape index (κ1) is 29.2. The number of rotatable bonds is 8. The molecule has 4 rings (SSSR count). The number of esters is 1. The van der Waals surface area contributed by atoms with E-state index in [9.17, 15) is 31.2 Å². The Morgan fingerprint density at radius 1 is 1.05 bits per heavy atom. The average Bonchev–Trinajstić information content (AvgIpc) is 2.96. The van der Waals surface area contributed by atoms with Crippen molar-refractivity contribution in [3.05, 3.63) is 95.3 Å². The number of methoxy groups -OCH3 is 1. The summed E-state index contributed by atoms with van der Waals surface area (Å²) in [5.41, 5.74) is 0.617. The van der Waals surface area contributed by atoms with Gasteiger partial charge in [0.2, 0.25) is 15.9 Å². The number of hydrogen-bond donors (Lipinski definition) is 0. The standard InChI is InChI=1S/C28H28F3N3O5S/c1-39-27(36)22-8-6-20(7-9-22)18-34(40(37,38)25-12-10-23(11-13-25)28(29,30)31)24-5-3-15-33(19-24)26(35)16-21-4-2-14-32-17-21/h2,4,6-14,17,24H,3,5,15-16,18-19H2,1H3. The summed E-state index contributed by atoms with van der Waals surface area (Å²) in [6.45, 7) is 0.469. The number of pyridine rings is 1. The fourth-order valence-corrected chi connectivity index (χ4v) is 6.25. The molecule has 2 aromatic carbocycles. The van der Waals surface area contributed by atoms with Crippen LogP contribution in [0.3, 0.4) is 0 Å². The lowest BCUT2D eigenvalue weighted by atomic mass is 10.0. The van der Waals surface area contributed by atoms with E-state index < -0.39 is 33.8 Å². The SMILES string of the molecule is COC(=O)c1ccc(CN(C2CCCN(C(=O)Cc3cccnc3)C2)S(=O)(=O)c2ccc(C(F)(F)F)cc2)cc1. The number of amides is 1. The molecule has 0 N–H and O–H groups in total. The topological polar surface area (TPSA) is 96.9 Å². The van der Waals surface area contributed by atoms with Gasteiger partial charge in [0, 0.05) is 38.1 Å². The molecule has 0 saturated carbocycles. The van der Waals surface area contributed by atoms with Crippen LogP contribution in [0.4, 0.5) is 13.2 Å². The zero-order valence-corrected chi connectivity index (χ0v) is 22.5. The number of alkyl halides is 3. The normalized spacial score (nSPS) is 16.1. The Morgan fingerprint density at radius 3 is 2.35 bits per heavy atom. The second kappa shape index (κ2) is 12.2. The van der Waals surface area contributed by atoms with Crippen LogP contribution in [0.15, 0.2) is 78.0 Å². The molecule has 1 saturated heterocycles. The molecule has 1 fully saturated rings. The van der Waals surface area contributed by atoms with E-state index in [1.807, 2.05) is 0 Å². The number of ether oxygens (including phenoxy) is 1. The zero-order valence-electron chi connectivity index (χ0n) is 21.7. The molecule has 40 heavy (non-hydrogen) atoms. The molecule has 0 bridgehead atoms. The van der Waals surface area contributed by atoms with Crippen molar-refractivity contribution >= 4 is 21.9 Å². The molecule has 1 aliphatic rings. The van der Waals surface area contributed by atoms with Crippen molar-refractivity contribution < 1.29 is 35.9 Å². The van der Waals surface area contributed by atoms with E-state index in [1.165, 1.54) is 23.5 Å². The first-order chi connectivity index (χ1) is 19.0. The van der Waals surface area contributed by atoms with Crippen molar-refractivity contribution in [2.24, 2.45) is 0 Å². The van der Waals surface area contributed by atoms with Crippen LogP contribution in [0.5, 0.6) is 0 Å². The number of carbonyl (C=O) groups excluding carboxylic acids is 2. The summed E-state index contributed by atoms with van der Waals surface area (Å²) in [5, 5.41) is 0. The van der Waals surface area contributed by atoms with Gasteiger partial charge in [-0.1, -0.05) is 18.2 Å². The Hall–Kier alpha value is -3.77. The van der Waals surface area contributed by atoms with Crippen LogP contribution in [0.2, 0.25) is 0 Å². The van der Waals surface area contributed by atoms with Crippen LogP contribution >= 0.6 is 0 Å². The lowest BCUT2D eigenvalue weighted by Crippen LogP contribution is -2.51. The number of piperidine rings is 1. The second-order valence-electron chi connectivity index (χ2n) is 9.43. The Balaban J connectivity index is 1.63. The second-order valence-corrected chi connectivity index (χ2v) is 11.3. The Kier molecular flexibility index (Phi) is 8.89. The van der Waals surface area contributed by atoms with Gasteiger partial charge < -0.3 is 9.64 Å². The van der Waals surface area contributed by atoms with Gasteiger partial charge in [-0.25, -0.2) is 13.2 Å². The third-order valence-corrected chi connectivity index (χ3v) is 8.65. The third kappa shape index (κ3) is 6.86. The Bertz CT molecular complexity index is 1430. The molecule has 2 heterocycles. The lowest BCUT2D eigenvalue weighted by molar-refractivity contribution is -0.137. The van der Waals surface area contributed by atoms with Gasteiger partial charge in [0.15, 0.2) is 0 Å². The molecule has 1 amide bonds. The molecule has 8 nitrogen and oxygen atoms in total. The fourth-order valence-electron chi connectivity index (χ4n) is 4.61. The first-order valence-corrected chi connectivity index (χ1v) is 14.0. The molecule has 1 aromatic heterocycles. The van der Waals surface area contributed by atoms with Gasteiger partial charge >= 0.3 is 12.1 Å². The molecular weight excluding hydrogens is 547 g/mol. The van der Waals surface area contributed by atoms with Crippen LogP contribution in [-0.4, -0.2) is 60.7 Å². The minimum Gasteiger partial charge on any atom is -0.465 e. The van der Waals surface area contributed by atoms with Crippen LogP contribution in [0.25, 0.3) is 0 Å². The van der Waals surface area contributed by atoms with Crippen molar-refractivity contribution in [3.63, 3.8) is 0 Å². The molecule has 0 radical (unpaired) electrons. The van der Waals surface area contributed by atoms with Crippen LogP contribution in [0.1, 0.15) is 39.9 Å². The average molecular weight is 576 g/mol. The summed E-state index contributed by atoms with van der Waals surface area (Å²) in [6.07, 6.45) is -0.297. The predicted octanol–water partition coefficient (Wildman–Crippen LogP) is 4.31. The van der Waals surface area contributed by atoms with E-state index in [0.717, 1.165) is 29.8 Å². The summed E-state index contributed by atoms with van der Waals surface area (Å²) >= 11 is 0. The number of benzene rings is 2. The van der Waals surface area contributed by atoms with E-state index >= 15 is 0 Å². The maximum absolute atomic E-state index is 13.8. The first-order valence-electron chi connectivity index (χ1n) is 12.5. The van der Waals surface area contributed by atoms with E-state index in [0.29, 0.717) is 24.9 Å². The smallest absolute Gasteiger partial charge is 0.416 e. The molecule has 0 spiro atoms. The van der Waals surface area contributed by atoms with Gasteiger partial charge in [-0.3, -0.25) is 9.78 Å². The summed E-state index contributed by atoms with van der Waals surface area (Å²) in [7, 11) is -3.02. The monoisotopic (exact) mass is 575 g/mol. The highest BCUT2D eigenvalue weighted by molar-refractivity contribution is 7.89. The van der Waals surface area contributed by atoms with E-state index in [2.05, 4.69) is 4.98 Å². The molecule has 1 atom stereocenters. The molecule has 212 valence electrons. The minimum absolute atomic E-state index is 0.111. The molecule has 3 aromatic rings. The molecule has 1 aliphatic heterocycles. The number of nitrogens with zero attached hydrogens (tertiary/aromatic N) is 3. The summed E-state index contributed by atoms with van der Waals surface area (Å²) in [5.74, 6) is -0.720. The van der Waals surface area contributed by atoms with Crippen molar-refractivity contribution in [2.45, 2.75) is 42.9 Å². The van der Waals surface area contributed by atoms with Crippen molar-refractivity contribution in [2.75, 3.05) is 20.2 Å². The van der Waals surface area contributed by atoms with Gasteiger partial charge in [-0.05, 0) is 66.4 Å². The number of halogens is 3. The number of carbonyl (C=O) groups is 2. The van der Waals surface area contributed by atoms with Crippen LogP contribution in [0, 0.1) is 0 Å². The number of likely N-dealkylation sites (tertiary alicyclic amines) is 1. The van der Waals surface area contributed by atoms with Crippen molar-refractivity contribution in [3.8, 4) is 0 Å².